The van der Waals surface area contributed by atoms with Gasteiger partial charge >= 0.3 is 0 Å². The van der Waals surface area contributed by atoms with Crippen LogP contribution >= 0.6 is 0 Å². The lowest BCUT2D eigenvalue weighted by molar-refractivity contribution is -0.304. The van der Waals surface area contributed by atoms with Crippen molar-refractivity contribution in [1.29, 1.82) is 0 Å². The summed E-state index contributed by atoms with van der Waals surface area (Å²) in [7, 11) is 0. The van der Waals surface area contributed by atoms with Crippen molar-refractivity contribution in [2.75, 3.05) is 0 Å². The zero-order chi connectivity index (χ0) is 15.5. The summed E-state index contributed by atoms with van der Waals surface area (Å²) in [5.74, 6) is -0.828. The number of carbonyl (C=O) groups excluding carboxylic acids is 1. The summed E-state index contributed by atoms with van der Waals surface area (Å²) in [6, 6.07) is 13.6. The second-order valence-electron chi connectivity index (χ2n) is 4.80. The van der Waals surface area contributed by atoms with E-state index < -0.39 is 5.97 Å². The fourth-order valence-electron chi connectivity index (χ4n) is 2.13. The average molecular weight is 294 g/mol. The summed E-state index contributed by atoms with van der Waals surface area (Å²) >= 11 is 0. The van der Waals surface area contributed by atoms with E-state index in [-0.39, 0.29) is 18.1 Å². The van der Waals surface area contributed by atoms with E-state index in [0.717, 1.165) is 5.56 Å². The van der Waals surface area contributed by atoms with Gasteiger partial charge in [-0.05, 0) is 35.9 Å². The van der Waals surface area contributed by atoms with Crippen LogP contribution in [0.5, 0.6) is 5.75 Å². The van der Waals surface area contributed by atoms with Crippen LogP contribution in [-0.4, -0.2) is 16.1 Å². The van der Waals surface area contributed by atoms with Crippen molar-refractivity contribution >= 4 is 28.7 Å². The van der Waals surface area contributed by atoms with Gasteiger partial charge in [0.25, 0.3) is 0 Å². The Morgan fingerprint density at radius 2 is 1.91 bits per heavy atom. The molecule has 0 amide bonds. The highest BCUT2D eigenvalue weighted by molar-refractivity contribution is 5.90. The number of para-hydroxylation sites is 2. The van der Waals surface area contributed by atoms with Gasteiger partial charge in [-0.25, -0.2) is 4.98 Å². The number of hydrogen-bond acceptors (Lipinski definition) is 5. The Balaban J connectivity index is 2.05. The Morgan fingerprint density at radius 1 is 1.18 bits per heavy atom. The van der Waals surface area contributed by atoms with Crippen molar-refractivity contribution in [3.63, 3.8) is 0 Å². The molecule has 1 N–H and O–H groups in total. The Bertz CT molecular complexity index is 813. The minimum absolute atomic E-state index is 0.139. The van der Waals surface area contributed by atoms with E-state index in [1.54, 1.807) is 30.3 Å². The number of carboxylic acids is 1. The molecule has 0 saturated heterocycles. The van der Waals surface area contributed by atoms with Gasteiger partial charge in [0.15, 0.2) is 5.58 Å². The Labute approximate surface area is 126 Å². The molecule has 0 radical (unpaired) electrons. The van der Waals surface area contributed by atoms with Gasteiger partial charge in [0.2, 0.25) is 5.89 Å². The maximum atomic E-state index is 11.0. The number of phenolic OH excluding ortho intramolecular Hbond substituents is 1. The van der Waals surface area contributed by atoms with Crippen molar-refractivity contribution in [3.8, 4) is 5.75 Å². The maximum absolute atomic E-state index is 11.0. The first-order valence-corrected chi connectivity index (χ1v) is 6.67. The molecule has 1 heterocycles. The molecule has 0 aliphatic carbocycles. The second-order valence-corrected chi connectivity index (χ2v) is 4.80. The highest BCUT2D eigenvalue weighted by Crippen LogP contribution is 2.25. The van der Waals surface area contributed by atoms with Crippen LogP contribution < -0.4 is 5.11 Å². The molecule has 0 unspecified atom stereocenters. The summed E-state index contributed by atoms with van der Waals surface area (Å²) in [5.41, 5.74) is 2.39. The summed E-state index contributed by atoms with van der Waals surface area (Å²) in [4.78, 5) is 15.3. The molecule has 110 valence electrons. The molecule has 2 aromatic carbocycles. The predicted molar refractivity (Wildman–Crippen MR) is 79.6 cm³/mol. The molecule has 0 atom stereocenters. The normalized spacial score (nSPS) is 11.7. The van der Waals surface area contributed by atoms with Gasteiger partial charge in [0.1, 0.15) is 11.3 Å². The first-order valence-electron chi connectivity index (χ1n) is 6.67. The van der Waals surface area contributed by atoms with Gasteiger partial charge in [-0.2, -0.15) is 0 Å². The lowest BCUT2D eigenvalue weighted by Gasteiger charge is -2.05. The quantitative estimate of drug-likeness (QED) is 0.797. The van der Waals surface area contributed by atoms with E-state index in [0.29, 0.717) is 16.7 Å². The molecule has 0 aliphatic heterocycles. The molecule has 0 spiro atoms. The number of aliphatic carboxylic acids is 1. The predicted octanol–water partition coefficient (Wildman–Crippen LogP) is 2.21. The van der Waals surface area contributed by atoms with E-state index in [9.17, 15) is 15.0 Å². The number of carboxylic acid groups (broad SMARTS) is 1. The topological polar surface area (TPSA) is 86.4 Å². The van der Waals surface area contributed by atoms with Gasteiger partial charge in [-0.15, -0.1) is 0 Å². The van der Waals surface area contributed by atoms with E-state index >= 15 is 0 Å². The molecule has 0 aliphatic rings. The molecule has 3 rings (SSSR count). The van der Waals surface area contributed by atoms with Crippen LogP contribution in [0.2, 0.25) is 0 Å². The molecule has 3 aromatic rings. The van der Waals surface area contributed by atoms with Gasteiger partial charge in [0, 0.05) is 18.0 Å². The highest BCUT2D eigenvalue weighted by atomic mass is 16.4. The second kappa shape index (κ2) is 5.73. The van der Waals surface area contributed by atoms with Crippen molar-refractivity contribution in [2.24, 2.45) is 0 Å². The summed E-state index contributed by atoms with van der Waals surface area (Å²) in [6.07, 6.45) is 1.34. The summed E-state index contributed by atoms with van der Waals surface area (Å²) < 4.78 is 5.61. The number of carbonyl (C=O) groups is 1. The van der Waals surface area contributed by atoms with Crippen LogP contribution in [0.25, 0.3) is 22.7 Å². The zero-order valence-electron chi connectivity index (χ0n) is 11.5. The van der Waals surface area contributed by atoms with Crippen LogP contribution in [0.15, 0.2) is 52.9 Å². The number of oxazole rings is 1. The van der Waals surface area contributed by atoms with Crippen molar-refractivity contribution in [1.82, 2.24) is 4.98 Å². The third kappa shape index (κ3) is 2.98. The molecule has 5 heteroatoms. The van der Waals surface area contributed by atoms with Gasteiger partial charge < -0.3 is 19.4 Å². The van der Waals surface area contributed by atoms with E-state index in [2.05, 4.69) is 4.98 Å². The standard InChI is InChI=1S/C17H13NO4/c19-13-7-5-11(6-8-13)9-12(10-16(20)21)17-18-14-3-1-2-4-15(14)22-17/h1-9,19H,10H2,(H,20,21)/p-1/b12-9+. The lowest BCUT2D eigenvalue weighted by atomic mass is 10.1. The third-order valence-corrected chi connectivity index (χ3v) is 3.14. The molecule has 0 saturated carbocycles. The molecular formula is C17H12NO4-. The van der Waals surface area contributed by atoms with Crippen LogP contribution in [0.1, 0.15) is 17.9 Å². The lowest BCUT2D eigenvalue weighted by Crippen LogP contribution is -2.22. The number of phenols is 1. The fourth-order valence-corrected chi connectivity index (χ4v) is 2.13. The van der Waals surface area contributed by atoms with Crippen molar-refractivity contribution in [2.45, 2.75) is 6.42 Å². The van der Waals surface area contributed by atoms with E-state index in [1.807, 2.05) is 12.1 Å². The number of aromatic nitrogens is 1. The average Bonchev–Trinajstić information content (AvgIpc) is 2.92. The molecular weight excluding hydrogens is 282 g/mol. The van der Waals surface area contributed by atoms with Crippen molar-refractivity contribution < 1.29 is 19.4 Å². The molecule has 5 nitrogen and oxygen atoms in total. The molecule has 0 bridgehead atoms. The smallest absolute Gasteiger partial charge is 0.223 e. The number of hydrogen-bond donors (Lipinski definition) is 1. The third-order valence-electron chi connectivity index (χ3n) is 3.14. The number of nitrogens with zero attached hydrogens (tertiary/aromatic N) is 1. The number of benzene rings is 2. The number of aromatic hydroxyl groups is 1. The molecule has 22 heavy (non-hydrogen) atoms. The first kappa shape index (κ1) is 13.9. The van der Waals surface area contributed by atoms with Gasteiger partial charge in [-0.3, -0.25) is 0 Å². The summed E-state index contributed by atoms with van der Waals surface area (Å²) in [6.45, 7) is 0. The van der Waals surface area contributed by atoms with E-state index in [1.165, 1.54) is 12.1 Å². The number of fused-ring (bicyclic) bond motifs is 1. The maximum Gasteiger partial charge on any atom is 0.223 e. The highest BCUT2D eigenvalue weighted by Gasteiger charge is 2.11. The van der Waals surface area contributed by atoms with Crippen LogP contribution in [-0.2, 0) is 4.79 Å². The van der Waals surface area contributed by atoms with E-state index in [4.69, 9.17) is 4.42 Å². The fraction of sp³-hybridized carbons (Fsp3) is 0.0588. The largest absolute Gasteiger partial charge is 0.550 e. The Morgan fingerprint density at radius 3 is 2.59 bits per heavy atom. The Kier molecular flexibility index (Phi) is 3.62. The van der Waals surface area contributed by atoms with Gasteiger partial charge in [0.05, 0.1) is 0 Å². The minimum atomic E-state index is -1.22. The van der Waals surface area contributed by atoms with Crippen LogP contribution in [0, 0.1) is 0 Å². The zero-order valence-corrected chi connectivity index (χ0v) is 11.5. The first-order chi connectivity index (χ1) is 10.6. The van der Waals surface area contributed by atoms with Gasteiger partial charge in [-0.1, -0.05) is 24.3 Å². The van der Waals surface area contributed by atoms with Crippen LogP contribution in [0.3, 0.4) is 0 Å². The monoisotopic (exact) mass is 294 g/mol. The minimum Gasteiger partial charge on any atom is -0.550 e. The molecule has 0 fully saturated rings. The molecule has 1 aromatic heterocycles. The Hall–Kier alpha value is -3.08. The number of rotatable bonds is 4. The van der Waals surface area contributed by atoms with Crippen LogP contribution in [0.4, 0.5) is 0 Å². The SMILES string of the molecule is O=C([O-])C/C(=C\c1ccc(O)cc1)c1nc2ccccc2o1. The van der Waals surface area contributed by atoms with Crippen molar-refractivity contribution in [3.05, 3.63) is 60.0 Å². The summed E-state index contributed by atoms with van der Waals surface area (Å²) in [5, 5.41) is 20.3.